The van der Waals surface area contributed by atoms with Crippen molar-refractivity contribution in [3.63, 3.8) is 0 Å². The number of ether oxygens (including phenoxy) is 1. The van der Waals surface area contributed by atoms with Crippen LogP contribution in [0, 0.1) is 0 Å². The molecule has 4 rings (SSSR count). The number of fused-ring (bicyclic) bond motifs is 1. The molecule has 3 aromatic rings. The number of amides is 1. The predicted octanol–water partition coefficient (Wildman–Crippen LogP) is 2.93. The average molecular weight is 430 g/mol. The lowest BCUT2D eigenvalue weighted by atomic mass is 10.2. The van der Waals surface area contributed by atoms with Gasteiger partial charge in [0.15, 0.2) is 0 Å². The van der Waals surface area contributed by atoms with Gasteiger partial charge in [0.25, 0.3) is 5.91 Å². The van der Waals surface area contributed by atoms with Crippen LogP contribution in [0.15, 0.2) is 52.7 Å². The lowest BCUT2D eigenvalue weighted by Crippen LogP contribution is -2.29. The van der Waals surface area contributed by atoms with Gasteiger partial charge < -0.3 is 9.64 Å². The summed E-state index contributed by atoms with van der Waals surface area (Å²) in [6.07, 6.45) is 0.601. The smallest absolute Gasteiger partial charge is 0.277 e. The summed E-state index contributed by atoms with van der Waals surface area (Å²) >= 11 is 1.41. The molecule has 0 bridgehead atoms. The summed E-state index contributed by atoms with van der Waals surface area (Å²) in [5.41, 5.74) is 2.85. The number of hydrogen-bond acceptors (Lipinski definition) is 6. The van der Waals surface area contributed by atoms with Gasteiger partial charge >= 0.3 is 0 Å². The first kappa shape index (κ1) is 19.6. The van der Waals surface area contributed by atoms with Gasteiger partial charge in [0.05, 0.1) is 12.0 Å². The highest BCUT2D eigenvalue weighted by Crippen LogP contribution is 2.32. The Morgan fingerprint density at radius 3 is 2.66 bits per heavy atom. The maximum absolute atomic E-state index is 13.0. The molecular weight excluding hydrogens is 410 g/mol. The quantitative estimate of drug-likeness (QED) is 0.674. The van der Waals surface area contributed by atoms with E-state index in [4.69, 9.17) is 4.74 Å². The van der Waals surface area contributed by atoms with Crippen molar-refractivity contribution in [2.45, 2.75) is 11.3 Å². The van der Waals surface area contributed by atoms with Gasteiger partial charge in [0.1, 0.15) is 16.5 Å². The number of carbonyl (C=O) groups is 1. The Bertz CT molecular complexity index is 1170. The van der Waals surface area contributed by atoms with Gasteiger partial charge in [-0.25, -0.2) is 18.1 Å². The van der Waals surface area contributed by atoms with Crippen molar-refractivity contribution >= 4 is 33.0 Å². The average Bonchev–Trinajstić information content (AvgIpc) is 3.40. The number of hydrogen-bond donors (Lipinski definition) is 1. The van der Waals surface area contributed by atoms with Crippen LogP contribution in [0.25, 0.3) is 10.6 Å². The molecule has 0 radical (unpaired) electrons. The van der Waals surface area contributed by atoms with Crippen LogP contribution in [0.4, 0.5) is 5.69 Å². The fourth-order valence-corrected chi connectivity index (χ4v) is 4.83. The van der Waals surface area contributed by atoms with Crippen LogP contribution in [0.1, 0.15) is 16.1 Å². The molecule has 1 N–H and O–H groups in total. The van der Waals surface area contributed by atoms with Crippen LogP contribution in [0.5, 0.6) is 5.75 Å². The minimum atomic E-state index is -3.52. The van der Waals surface area contributed by atoms with Crippen molar-refractivity contribution in [3.8, 4) is 16.3 Å². The molecule has 150 valence electrons. The molecule has 0 saturated heterocycles. The van der Waals surface area contributed by atoms with Gasteiger partial charge in [0.2, 0.25) is 10.0 Å². The Morgan fingerprint density at radius 1 is 1.21 bits per heavy atom. The van der Waals surface area contributed by atoms with Crippen LogP contribution in [0.3, 0.4) is 0 Å². The molecule has 0 unspecified atom stereocenters. The Labute approximate surface area is 173 Å². The zero-order chi connectivity index (χ0) is 20.6. The molecule has 1 aliphatic rings. The topological polar surface area (TPSA) is 88.6 Å². The number of anilines is 1. The maximum atomic E-state index is 13.0. The molecule has 7 nitrogen and oxygen atoms in total. The van der Waals surface area contributed by atoms with E-state index in [9.17, 15) is 13.2 Å². The summed E-state index contributed by atoms with van der Waals surface area (Å²) in [5.74, 6) is 0.568. The molecule has 0 aliphatic carbocycles. The van der Waals surface area contributed by atoms with E-state index in [-0.39, 0.29) is 10.8 Å². The minimum absolute atomic E-state index is 0.191. The summed E-state index contributed by atoms with van der Waals surface area (Å²) in [4.78, 5) is 19.4. The van der Waals surface area contributed by atoms with E-state index in [2.05, 4.69) is 9.71 Å². The summed E-state index contributed by atoms with van der Waals surface area (Å²) in [7, 11) is -0.528. The largest absolute Gasteiger partial charge is 0.497 e. The number of nitrogens with one attached hydrogen (secondary N) is 1. The molecular formula is C20H19N3O4S2. The van der Waals surface area contributed by atoms with Gasteiger partial charge in [-0.1, -0.05) is 0 Å². The second-order valence-corrected chi connectivity index (χ2v) is 9.22. The zero-order valence-corrected chi connectivity index (χ0v) is 17.5. The minimum Gasteiger partial charge on any atom is -0.497 e. The second kappa shape index (κ2) is 7.58. The molecule has 0 atom stereocenters. The van der Waals surface area contributed by atoms with E-state index in [1.165, 1.54) is 24.5 Å². The number of thiazole rings is 1. The standard InChI is InChI=1S/C20H19N3O4S2/c1-21-29(25,26)16-7-8-18-14(11-16)9-10-23(18)20(24)17-12-28-19(22-17)13-3-5-15(27-2)6-4-13/h3-8,11-12,21H,9-10H2,1-2H3. The van der Waals surface area contributed by atoms with Crippen molar-refractivity contribution in [2.75, 3.05) is 25.6 Å². The summed E-state index contributed by atoms with van der Waals surface area (Å²) in [5, 5.41) is 2.51. The highest BCUT2D eigenvalue weighted by atomic mass is 32.2. The number of carbonyl (C=O) groups excluding carboxylic acids is 1. The van der Waals surface area contributed by atoms with Gasteiger partial charge in [-0.05, 0) is 61.5 Å². The van der Waals surface area contributed by atoms with Crippen LogP contribution in [-0.2, 0) is 16.4 Å². The third kappa shape index (κ3) is 3.64. The van der Waals surface area contributed by atoms with Crippen molar-refractivity contribution in [3.05, 3.63) is 59.1 Å². The van der Waals surface area contributed by atoms with Crippen LogP contribution in [0.2, 0.25) is 0 Å². The number of benzene rings is 2. The highest BCUT2D eigenvalue weighted by molar-refractivity contribution is 7.89. The van der Waals surface area contributed by atoms with Crippen LogP contribution >= 0.6 is 11.3 Å². The summed E-state index contributed by atoms with van der Waals surface area (Å²) < 4.78 is 31.5. The van der Waals surface area contributed by atoms with Crippen molar-refractivity contribution < 1.29 is 17.9 Å². The van der Waals surface area contributed by atoms with Crippen LogP contribution < -0.4 is 14.4 Å². The first-order valence-corrected chi connectivity index (χ1v) is 11.3. The SMILES string of the molecule is CNS(=O)(=O)c1ccc2c(c1)CCN2C(=O)c1csc(-c2ccc(OC)cc2)n1. The molecule has 1 aliphatic heterocycles. The Balaban J connectivity index is 1.58. The Hall–Kier alpha value is -2.75. The molecule has 2 aromatic carbocycles. The van der Waals surface area contributed by atoms with Gasteiger partial charge in [-0.2, -0.15) is 0 Å². The normalized spacial score (nSPS) is 13.4. The summed E-state index contributed by atoms with van der Waals surface area (Å²) in [6, 6.07) is 12.3. The second-order valence-electron chi connectivity index (χ2n) is 6.47. The lowest BCUT2D eigenvalue weighted by molar-refractivity contribution is 0.0985. The van der Waals surface area contributed by atoms with Gasteiger partial charge in [0, 0.05) is 23.2 Å². The number of aromatic nitrogens is 1. The fraction of sp³-hybridized carbons (Fsp3) is 0.200. The number of methoxy groups -OCH3 is 1. The van der Waals surface area contributed by atoms with E-state index in [0.29, 0.717) is 18.7 Å². The van der Waals surface area contributed by atoms with E-state index in [1.807, 2.05) is 24.3 Å². The van der Waals surface area contributed by atoms with E-state index in [0.717, 1.165) is 27.6 Å². The van der Waals surface area contributed by atoms with E-state index in [1.54, 1.807) is 29.5 Å². The Morgan fingerprint density at radius 2 is 1.97 bits per heavy atom. The zero-order valence-electron chi connectivity index (χ0n) is 15.9. The third-order valence-corrected chi connectivity index (χ3v) is 7.13. The molecule has 1 amide bonds. The first-order chi connectivity index (χ1) is 13.9. The number of sulfonamides is 1. The monoisotopic (exact) mass is 429 g/mol. The fourth-order valence-electron chi connectivity index (χ4n) is 3.25. The molecule has 0 saturated carbocycles. The van der Waals surface area contributed by atoms with Crippen LogP contribution in [-0.4, -0.2) is 40.0 Å². The molecule has 0 fully saturated rings. The lowest BCUT2D eigenvalue weighted by Gasteiger charge is -2.16. The van der Waals surface area contributed by atoms with Crippen molar-refractivity contribution in [2.24, 2.45) is 0 Å². The van der Waals surface area contributed by atoms with Gasteiger partial charge in [-0.3, -0.25) is 4.79 Å². The molecule has 2 heterocycles. The number of rotatable bonds is 5. The maximum Gasteiger partial charge on any atom is 0.277 e. The highest BCUT2D eigenvalue weighted by Gasteiger charge is 2.28. The number of nitrogens with zero attached hydrogens (tertiary/aromatic N) is 2. The van der Waals surface area contributed by atoms with E-state index < -0.39 is 10.0 Å². The molecule has 9 heteroatoms. The molecule has 1 aromatic heterocycles. The molecule has 29 heavy (non-hydrogen) atoms. The van der Waals surface area contributed by atoms with E-state index >= 15 is 0 Å². The third-order valence-electron chi connectivity index (χ3n) is 4.83. The van der Waals surface area contributed by atoms with Crippen molar-refractivity contribution in [1.82, 2.24) is 9.71 Å². The predicted molar refractivity (Wildman–Crippen MR) is 112 cm³/mol. The summed E-state index contributed by atoms with van der Waals surface area (Å²) in [6.45, 7) is 0.493. The first-order valence-electron chi connectivity index (χ1n) is 8.91. The Kier molecular flexibility index (Phi) is 5.12. The van der Waals surface area contributed by atoms with Gasteiger partial charge in [-0.15, -0.1) is 11.3 Å². The molecule has 0 spiro atoms. The van der Waals surface area contributed by atoms with Crippen molar-refractivity contribution in [1.29, 1.82) is 0 Å².